The smallest absolute Gasteiger partial charge is 0.340 e. The van der Waals surface area contributed by atoms with E-state index in [2.05, 4.69) is 10.3 Å². The number of methoxy groups -OCH3 is 2. The molecule has 1 aliphatic rings. The van der Waals surface area contributed by atoms with Gasteiger partial charge >= 0.3 is 5.97 Å². The molecular weight excluding hydrogens is 352 g/mol. The van der Waals surface area contributed by atoms with Gasteiger partial charge in [-0.1, -0.05) is 24.3 Å². The quantitative estimate of drug-likeness (QED) is 0.661. The van der Waals surface area contributed by atoms with Gasteiger partial charge in [-0.25, -0.2) is 9.79 Å². The van der Waals surface area contributed by atoms with Crippen molar-refractivity contribution < 1.29 is 19.1 Å². The van der Waals surface area contributed by atoms with Crippen LogP contribution in [-0.2, 0) is 9.53 Å². The van der Waals surface area contributed by atoms with Gasteiger partial charge in [-0.2, -0.15) is 0 Å². The van der Waals surface area contributed by atoms with Crippen molar-refractivity contribution in [1.29, 1.82) is 0 Å². The lowest BCUT2D eigenvalue weighted by atomic mass is 10.2. The predicted molar refractivity (Wildman–Crippen MR) is 102 cm³/mol. The molecule has 0 aliphatic carbocycles. The highest BCUT2D eigenvalue weighted by atomic mass is 32.2. The summed E-state index contributed by atoms with van der Waals surface area (Å²) in [6, 6.07) is 14.2. The zero-order valence-electron chi connectivity index (χ0n) is 14.2. The molecule has 0 bridgehead atoms. The number of carbonyl (C=O) groups is 2. The number of ether oxygens (including phenoxy) is 2. The van der Waals surface area contributed by atoms with Gasteiger partial charge in [0.05, 0.1) is 30.4 Å². The molecule has 2 aromatic rings. The number of rotatable bonds is 4. The number of hydrogen-bond acceptors (Lipinski definition) is 6. The number of nitrogens with one attached hydrogen (secondary N) is 1. The zero-order chi connectivity index (χ0) is 18.5. The average molecular weight is 368 g/mol. The minimum absolute atomic E-state index is 0.243. The van der Waals surface area contributed by atoms with Gasteiger partial charge in [-0.3, -0.25) is 4.79 Å². The fourth-order valence-electron chi connectivity index (χ4n) is 2.33. The van der Waals surface area contributed by atoms with E-state index >= 15 is 0 Å². The van der Waals surface area contributed by atoms with Crippen LogP contribution in [0.4, 0.5) is 5.69 Å². The zero-order valence-corrected chi connectivity index (χ0v) is 15.0. The minimum Gasteiger partial charge on any atom is -0.497 e. The summed E-state index contributed by atoms with van der Waals surface area (Å²) in [5.74, 6) is -0.0119. The first-order valence-corrected chi connectivity index (χ1v) is 8.53. The van der Waals surface area contributed by atoms with Crippen molar-refractivity contribution in [1.82, 2.24) is 5.32 Å². The van der Waals surface area contributed by atoms with E-state index in [0.717, 1.165) is 5.56 Å². The highest BCUT2D eigenvalue weighted by molar-refractivity contribution is 8.18. The van der Waals surface area contributed by atoms with Crippen molar-refractivity contribution in [2.45, 2.75) is 0 Å². The van der Waals surface area contributed by atoms with Crippen LogP contribution in [0.1, 0.15) is 15.9 Å². The molecular formula is C19H16N2O4S. The third-order valence-corrected chi connectivity index (χ3v) is 4.48. The fourth-order valence-corrected chi connectivity index (χ4v) is 3.16. The van der Waals surface area contributed by atoms with Crippen molar-refractivity contribution >= 4 is 40.6 Å². The molecule has 132 valence electrons. The molecule has 0 aromatic heterocycles. The number of nitrogens with zero attached hydrogens (tertiary/aromatic N) is 1. The second-order valence-corrected chi connectivity index (χ2v) is 6.30. The Morgan fingerprint density at radius 3 is 2.73 bits per heavy atom. The Bertz CT molecular complexity index is 921. The Morgan fingerprint density at radius 1 is 1.15 bits per heavy atom. The third-order valence-electron chi connectivity index (χ3n) is 3.57. The Labute approximate surface area is 154 Å². The topological polar surface area (TPSA) is 77.0 Å². The van der Waals surface area contributed by atoms with Gasteiger partial charge in [-0.05, 0) is 47.7 Å². The Kier molecular flexibility index (Phi) is 5.38. The second kappa shape index (κ2) is 7.88. The van der Waals surface area contributed by atoms with Gasteiger partial charge in [-0.15, -0.1) is 0 Å². The van der Waals surface area contributed by atoms with Gasteiger partial charge in [0.2, 0.25) is 0 Å². The molecule has 6 nitrogen and oxygen atoms in total. The van der Waals surface area contributed by atoms with Crippen LogP contribution in [-0.4, -0.2) is 31.3 Å². The van der Waals surface area contributed by atoms with E-state index in [4.69, 9.17) is 9.47 Å². The molecule has 0 unspecified atom stereocenters. The van der Waals surface area contributed by atoms with Crippen LogP contribution in [0.2, 0.25) is 0 Å². The summed E-state index contributed by atoms with van der Waals surface area (Å²) in [6.07, 6.45) is 1.76. The number of amidine groups is 1. The maximum absolute atomic E-state index is 12.2. The lowest BCUT2D eigenvalue weighted by Crippen LogP contribution is -2.19. The van der Waals surface area contributed by atoms with E-state index in [9.17, 15) is 9.59 Å². The minimum atomic E-state index is -0.480. The number of amides is 1. The number of aliphatic imine (C=N–C) groups is 1. The number of hydrogen-bond donors (Lipinski definition) is 1. The highest BCUT2D eigenvalue weighted by Gasteiger charge is 2.24. The summed E-state index contributed by atoms with van der Waals surface area (Å²) in [6.45, 7) is 0. The lowest BCUT2D eigenvalue weighted by molar-refractivity contribution is -0.115. The molecule has 1 saturated heterocycles. The summed E-state index contributed by atoms with van der Waals surface area (Å²) in [5, 5.41) is 3.11. The van der Waals surface area contributed by atoms with Crippen molar-refractivity contribution in [3.05, 3.63) is 64.6 Å². The first kappa shape index (κ1) is 17.8. The van der Waals surface area contributed by atoms with Crippen LogP contribution in [0.25, 0.3) is 6.08 Å². The molecule has 0 spiro atoms. The van der Waals surface area contributed by atoms with Gasteiger partial charge in [0.1, 0.15) is 5.75 Å². The number of carbonyl (C=O) groups excluding carboxylic acids is 2. The van der Waals surface area contributed by atoms with Crippen molar-refractivity contribution in [3.8, 4) is 5.75 Å². The summed E-state index contributed by atoms with van der Waals surface area (Å²) in [5.41, 5.74) is 1.62. The Hall–Kier alpha value is -3.06. The van der Waals surface area contributed by atoms with E-state index in [1.165, 1.54) is 18.9 Å². The van der Waals surface area contributed by atoms with E-state index in [1.807, 2.05) is 24.3 Å². The third kappa shape index (κ3) is 3.94. The predicted octanol–water partition coefficient (Wildman–Crippen LogP) is 3.37. The average Bonchev–Trinajstić information content (AvgIpc) is 3.00. The number of benzene rings is 2. The second-order valence-electron chi connectivity index (χ2n) is 5.27. The maximum Gasteiger partial charge on any atom is 0.340 e. The molecule has 1 heterocycles. The van der Waals surface area contributed by atoms with Crippen molar-refractivity contribution in [2.75, 3.05) is 14.2 Å². The number of esters is 1. The standard InChI is InChI=1S/C19H16N2O4S/c1-24-13-7-5-6-12(10-13)11-16-17(22)21-19(26-16)20-15-9-4-3-8-14(15)18(23)25-2/h3-11H,1-2H3,(H,20,21,22)/b16-11-. The van der Waals surface area contributed by atoms with E-state index in [-0.39, 0.29) is 5.91 Å². The Morgan fingerprint density at radius 2 is 1.96 bits per heavy atom. The SMILES string of the molecule is COC(=O)c1ccccc1N=C1NC(=O)/C(=C/c2cccc(OC)c2)S1. The summed E-state index contributed by atoms with van der Waals surface area (Å²) in [7, 11) is 2.90. The fraction of sp³-hybridized carbons (Fsp3) is 0.105. The lowest BCUT2D eigenvalue weighted by Gasteiger charge is -2.03. The van der Waals surface area contributed by atoms with E-state index in [1.54, 1.807) is 37.5 Å². The Balaban J connectivity index is 1.87. The van der Waals surface area contributed by atoms with Gasteiger partial charge in [0, 0.05) is 0 Å². The van der Waals surface area contributed by atoms with Crippen LogP contribution < -0.4 is 10.1 Å². The van der Waals surface area contributed by atoms with Gasteiger partial charge < -0.3 is 14.8 Å². The van der Waals surface area contributed by atoms with Crippen LogP contribution in [0, 0.1) is 0 Å². The van der Waals surface area contributed by atoms with Gasteiger partial charge in [0.15, 0.2) is 5.17 Å². The normalized spacial score (nSPS) is 16.6. The summed E-state index contributed by atoms with van der Waals surface area (Å²) >= 11 is 1.21. The molecule has 3 rings (SSSR count). The summed E-state index contributed by atoms with van der Waals surface area (Å²) in [4.78, 5) is 28.9. The molecule has 1 N–H and O–H groups in total. The molecule has 1 fully saturated rings. The van der Waals surface area contributed by atoms with Crippen molar-refractivity contribution in [2.24, 2.45) is 4.99 Å². The number of thioether (sulfide) groups is 1. The molecule has 7 heteroatoms. The first-order chi connectivity index (χ1) is 12.6. The van der Waals surface area contributed by atoms with Crippen LogP contribution in [0.5, 0.6) is 5.75 Å². The van der Waals surface area contributed by atoms with E-state index < -0.39 is 5.97 Å². The molecule has 1 aliphatic heterocycles. The summed E-state index contributed by atoms with van der Waals surface area (Å²) < 4.78 is 9.95. The first-order valence-electron chi connectivity index (χ1n) is 7.71. The monoisotopic (exact) mass is 368 g/mol. The molecule has 2 aromatic carbocycles. The van der Waals surface area contributed by atoms with E-state index in [0.29, 0.717) is 27.1 Å². The van der Waals surface area contributed by atoms with Crippen LogP contribution in [0.15, 0.2) is 58.4 Å². The van der Waals surface area contributed by atoms with Crippen LogP contribution in [0.3, 0.4) is 0 Å². The number of para-hydroxylation sites is 1. The molecule has 0 radical (unpaired) electrons. The van der Waals surface area contributed by atoms with Crippen molar-refractivity contribution in [3.63, 3.8) is 0 Å². The molecule has 1 amide bonds. The maximum atomic E-state index is 12.2. The molecule has 0 saturated carbocycles. The largest absolute Gasteiger partial charge is 0.497 e. The molecule has 26 heavy (non-hydrogen) atoms. The molecule has 0 atom stereocenters. The van der Waals surface area contributed by atoms with Crippen LogP contribution >= 0.6 is 11.8 Å². The van der Waals surface area contributed by atoms with Gasteiger partial charge in [0.25, 0.3) is 5.91 Å². The highest BCUT2D eigenvalue weighted by Crippen LogP contribution is 2.30.